The number of nitrogen functional groups attached to an aromatic ring is 1. The number of amides is 1. The summed E-state index contributed by atoms with van der Waals surface area (Å²) in [5.41, 5.74) is 7.63. The molecule has 3 N–H and O–H groups in total. The van der Waals surface area contributed by atoms with E-state index in [-0.39, 0.29) is 34.1 Å². The van der Waals surface area contributed by atoms with Crippen LogP contribution in [0.5, 0.6) is 0 Å². The van der Waals surface area contributed by atoms with E-state index in [1.54, 1.807) is 38.2 Å². The third-order valence-corrected chi connectivity index (χ3v) is 4.95. The summed E-state index contributed by atoms with van der Waals surface area (Å²) in [7, 11) is 1.67. The zero-order valence-corrected chi connectivity index (χ0v) is 17.3. The second kappa shape index (κ2) is 7.59. The zero-order chi connectivity index (χ0) is 23.2. The minimum absolute atomic E-state index is 0.0992. The lowest BCUT2D eigenvalue weighted by molar-refractivity contribution is -0.141. The van der Waals surface area contributed by atoms with E-state index in [0.717, 1.165) is 11.6 Å². The number of hydrogen-bond acceptors (Lipinski definition) is 6. The molecule has 3 aromatic heterocycles. The van der Waals surface area contributed by atoms with Crippen molar-refractivity contribution in [1.29, 1.82) is 0 Å². The van der Waals surface area contributed by atoms with Crippen molar-refractivity contribution in [2.75, 3.05) is 11.1 Å². The van der Waals surface area contributed by atoms with Gasteiger partial charge in [0.1, 0.15) is 16.9 Å². The van der Waals surface area contributed by atoms with Crippen LogP contribution in [0.4, 0.5) is 24.7 Å². The molecule has 1 amide bonds. The fourth-order valence-corrected chi connectivity index (χ4v) is 3.28. The molecular weight excluding hydrogens is 423 g/mol. The standard InChI is InChI=1S/C21H18F3N7O/c1-10-8-12(4-5-13(10)27-20(32)14-6-7-26-31(14)3)19-29-16-11(2)9-15(21(22,23)24)28-17(16)18(25)30-19/h4-9H,1-3H3,(H,27,32)(H2,25,29,30). The third-order valence-electron chi connectivity index (χ3n) is 4.95. The third kappa shape index (κ3) is 3.84. The average Bonchev–Trinajstić information content (AvgIpc) is 3.15. The maximum absolute atomic E-state index is 13.1. The van der Waals surface area contributed by atoms with Gasteiger partial charge >= 0.3 is 6.18 Å². The summed E-state index contributed by atoms with van der Waals surface area (Å²) < 4.78 is 40.7. The van der Waals surface area contributed by atoms with E-state index >= 15 is 0 Å². The maximum Gasteiger partial charge on any atom is 0.433 e. The number of nitrogens with one attached hydrogen (secondary N) is 1. The van der Waals surface area contributed by atoms with Crippen LogP contribution in [-0.2, 0) is 13.2 Å². The van der Waals surface area contributed by atoms with Gasteiger partial charge in [-0.25, -0.2) is 15.0 Å². The van der Waals surface area contributed by atoms with E-state index < -0.39 is 11.9 Å². The number of aromatic nitrogens is 5. The number of aryl methyl sites for hydroxylation is 3. The number of fused-ring (bicyclic) bond motifs is 1. The van der Waals surface area contributed by atoms with Crippen LogP contribution in [0.2, 0.25) is 0 Å². The Morgan fingerprint density at radius 3 is 2.41 bits per heavy atom. The molecule has 0 aliphatic heterocycles. The molecule has 4 aromatic rings. The lowest BCUT2D eigenvalue weighted by Crippen LogP contribution is -2.16. The van der Waals surface area contributed by atoms with Crippen molar-refractivity contribution < 1.29 is 18.0 Å². The minimum Gasteiger partial charge on any atom is -0.382 e. The lowest BCUT2D eigenvalue weighted by atomic mass is 10.1. The first-order valence-corrected chi connectivity index (χ1v) is 9.47. The summed E-state index contributed by atoms with van der Waals surface area (Å²) in [6.07, 6.45) is -3.07. The highest BCUT2D eigenvalue weighted by molar-refractivity contribution is 6.03. The molecule has 164 valence electrons. The predicted molar refractivity (Wildman–Crippen MR) is 113 cm³/mol. The molecule has 3 heterocycles. The van der Waals surface area contributed by atoms with Crippen molar-refractivity contribution in [1.82, 2.24) is 24.7 Å². The highest BCUT2D eigenvalue weighted by Crippen LogP contribution is 2.32. The maximum atomic E-state index is 13.1. The summed E-state index contributed by atoms with van der Waals surface area (Å²) in [6.45, 7) is 3.31. The van der Waals surface area contributed by atoms with Crippen molar-refractivity contribution in [3.63, 3.8) is 0 Å². The highest BCUT2D eigenvalue weighted by Gasteiger charge is 2.33. The van der Waals surface area contributed by atoms with Gasteiger partial charge in [0.25, 0.3) is 5.91 Å². The topological polar surface area (TPSA) is 112 Å². The summed E-state index contributed by atoms with van der Waals surface area (Å²) in [5, 5.41) is 6.80. The van der Waals surface area contributed by atoms with Crippen molar-refractivity contribution in [2.24, 2.45) is 7.05 Å². The molecule has 0 saturated heterocycles. The first kappa shape index (κ1) is 21.2. The SMILES string of the molecule is Cc1cc(-c2nc(N)c3nc(C(F)(F)F)cc(C)c3n2)ccc1NC(=O)c1ccnn1C. The van der Waals surface area contributed by atoms with E-state index in [9.17, 15) is 18.0 Å². The summed E-state index contributed by atoms with van der Waals surface area (Å²) >= 11 is 0. The van der Waals surface area contributed by atoms with Crippen LogP contribution in [0.25, 0.3) is 22.4 Å². The fraction of sp³-hybridized carbons (Fsp3) is 0.190. The molecular formula is C21H18F3N7O. The van der Waals surface area contributed by atoms with Gasteiger partial charge in [-0.3, -0.25) is 9.48 Å². The molecule has 0 fully saturated rings. The van der Waals surface area contributed by atoms with Crippen LogP contribution in [0.3, 0.4) is 0 Å². The Morgan fingerprint density at radius 1 is 1.03 bits per heavy atom. The van der Waals surface area contributed by atoms with E-state index in [2.05, 4.69) is 25.4 Å². The number of rotatable bonds is 3. The Balaban J connectivity index is 1.70. The number of benzene rings is 1. The number of pyridine rings is 1. The summed E-state index contributed by atoms with van der Waals surface area (Å²) in [4.78, 5) is 24.6. The highest BCUT2D eigenvalue weighted by atomic mass is 19.4. The van der Waals surface area contributed by atoms with Crippen LogP contribution in [-0.4, -0.2) is 30.6 Å². The monoisotopic (exact) mass is 441 g/mol. The molecule has 0 bridgehead atoms. The van der Waals surface area contributed by atoms with E-state index in [4.69, 9.17) is 5.73 Å². The van der Waals surface area contributed by atoms with Gasteiger partial charge in [0.15, 0.2) is 11.6 Å². The molecule has 0 aliphatic carbocycles. The molecule has 0 aliphatic rings. The smallest absolute Gasteiger partial charge is 0.382 e. The van der Waals surface area contributed by atoms with Crippen molar-refractivity contribution in [2.45, 2.75) is 20.0 Å². The van der Waals surface area contributed by atoms with Crippen LogP contribution in [0, 0.1) is 13.8 Å². The molecule has 1 aromatic carbocycles. The quantitative estimate of drug-likeness (QED) is 0.499. The second-order valence-corrected chi connectivity index (χ2v) is 7.28. The number of carbonyl (C=O) groups excluding carboxylic acids is 1. The van der Waals surface area contributed by atoms with E-state index in [1.165, 1.54) is 17.8 Å². The molecule has 4 rings (SSSR count). The van der Waals surface area contributed by atoms with Gasteiger partial charge in [-0.2, -0.15) is 18.3 Å². The number of hydrogen-bond donors (Lipinski definition) is 2. The van der Waals surface area contributed by atoms with Crippen molar-refractivity contribution in [3.05, 3.63) is 59.0 Å². The Morgan fingerprint density at radius 2 is 1.78 bits per heavy atom. The van der Waals surface area contributed by atoms with E-state index in [1.807, 2.05) is 0 Å². The predicted octanol–water partition coefficient (Wildman–Crippen LogP) is 3.90. The number of alkyl halides is 3. The van der Waals surface area contributed by atoms with Gasteiger partial charge in [-0.05, 0) is 55.3 Å². The number of halogens is 3. The number of carbonyl (C=O) groups is 1. The van der Waals surface area contributed by atoms with Gasteiger partial charge in [-0.15, -0.1) is 0 Å². The van der Waals surface area contributed by atoms with Gasteiger partial charge in [0.05, 0.1) is 5.52 Å². The van der Waals surface area contributed by atoms with Gasteiger partial charge in [0, 0.05) is 24.5 Å². The van der Waals surface area contributed by atoms with Crippen molar-refractivity contribution in [3.8, 4) is 11.4 Å². The Hall–Kier alpha value is -4.02. The first-order chi connectivity index (χ1) is 15.0. The summed E-state index contributed by atoms with van der Waals surface area (Å²) in [5.74, 6) is -0.216. The summed E-state index contributed by atoms with van der Waals surface area (Å²) in [6, 6.07) is 7.68. The molecule has 0 spiro atoms. The van der Waals surface area contributed by atoms with Gasteiger partial charge < -0.3 is 11.1 Å². The fourth-order valence-electron chi connectivity index (χ4n) is 3.28. The first-order valence-electron chi connectivity index (χ1n) is 9.47. The van der Waals surface area contributed by atoms with E-state index in [0.29, 0.717) is 16.9 Å². The van der Waals surface area contributed by atoms with Crippen LogP contribution in [0.1, 0.15) is 27.3 Å². The largest absolute Gasteiger partial charge is 0.433 e. The molecule has 11 heteroatoms. The Bertz CT molecular complexity index is 1360. The zero-order valence-electron chi connectivity index (χ0n) is 17.3. The van der Waals surface area contributed by atoms with Gasteiger partial charge in [0.2, 0.25) is 0 Å². The Labute approximate surface area is 180 Å². The number of nitrogens with zero attached hydrogens (tertiary/aromatic N) is 5. The van der Waals surface area contributed by atoms with Crippen LogP contribution < -0.4 is 11.1 Å². The van der Waals surface area contributed by atoms with Gasteiger partial charge in [-0.1, -0.05) is 0 Å². The molecule has 0 radical (unpaired) electrons. The second-order valence-electron chi connectivity index (χ2n) is 7.28. The number of nitrogens with two attached hydrogens (primary N) is 1. The molecule has 32 heavy (non-hydrogen) atoms. The minimum atomic E-state index is -4.60. The molecule has 0 unspecified atom stereocenters. The molecule has 0 atom stereocenters. The van der Waals surface area contributed by atoms with Crippen LogP contribution >= 0.6 is 0 Å². The molecule has 8 nitrogen and oxygen atoms in total. The van der Waals surface area contributed by atoms with Crippen molar-refractivity contribution >= 4 is 28.4 Å². The lowest BCUT2D eigenvalue weighted by Gasteiger charge is -2.13. The molecule has 0 saturated carbocycles. The Kier molecular flexibility index (Phi) is 5.03. The van der Waals surface area contributed by atoms with Crippen LogP contribution in [0.15, 0.2) is 36.5 Å². The normalized spacial score (nSPS) is 11.7. The number of anilines is 2. The average molecular weight is 441 g/mol.